The van der Waals surface area contributed by atoms with Crippen LogP contribution in [-0.2, 0) is 20.7 Å². The van der Waals surface area contributed by atoms with Crippen molar-refractivity contribution >= 4 is 51.8 Å². The number of hydrogen-bond donors (Lipinski definition) is 2. The van der Waals surface area contributed by atoms with E-state index in [4.69, 9.17) is 27.9 Å². The van der Waals surface area contributed by atoms with E-state index in [0.717, 1.165) is 16.5 Å². The topological polar surface area (TPSA) is 84.1 Å². The molecule has 0 spiro atoms. The van der Waals surface area contributed by atoms with E-state index in [1.165, 1.54) is 19.2 Å². The van der Waals surface area contributed by atoms with Crippen LogP contribution >= 0.6 is 23.2 Å². The number of aromatic amines is 1. The van der Waals surface area contributed by atoms with Crippen molar-refractivity contribution in [2.24, 2.45) is 0 Å². The lowest BCUT2D eigenvalue weighted by atomic mass is 10.1. The Hall–Kier alpha value is -2.57. The minimum absolute atomic E-state index is 0.0571. The molecule has 0 bridgehead atoms. The van der Waals surface area contributed by atoms with Gasteiger partial charge in [-0.1, -0.05) is 41.4 Å². The maximum Gasteiger partial charge on any atom is 0.311 e. The van der Waals surface area contributed by atoms with Crippen molar-refractivity contribution in [3.63, 3.8) is 0 Å². The van der Waals surface area contributed by atoms with Crippen LogP contribution < -0.4 is 5.32 Å². The van der Waals surface area contributed by atoms with Gasteiger partial charge in [-0.3, -0.25) is 9.59 Å². The van der Waals surface area contributed by atoms with Gasteiger partial charge in [-0.25, -0.2) is 4.98 Å². The molecule has 2 N–H and O–H groups in total. The van der Waals surface area contributed by atoms with Gasteiger partial charge in [-0.05, 0) is 24.6 Å². The minimum Gasteiger partial charge on any atom is -0.452 e. The number of nitrogens with zero attached hydrogens (tertiary/aromatic N) is 1. The zero-order valence-electron chi connectivity index (χ0n) is 13.8. The first kappa shape index (κ1) is 18.2. The highest BCUT2D eigenvalue weighted by atomic mass is 35.5. The number of rotatable bonds is 5. The average Bonchev–Trinajstić information content (AvgIpc) is 3.00. The number of pyridine rings is 1. The number of amides is 1. The molecule has 0 saturated carbocycles. The quantitative estimate of drug-likeness (QED) is 0.644. The first-order chi connectivity index (χ1) is 12.4. The maximum atomic E-state index is 12.2. The van der Waals surface area contributed by atoms with Gasteiger partial charge in [0, 0.05) is 23.3 Å². The third kappa shape index (κ3) is 4.15. The number of esters is 1. The number of carbonyl (C=O) groups is 2. The van der Waals surface area contributed by atoms with Crippen LogP contribution in [0.25, 0.3) is 10.9 Å². The van der Waals surface area contributed by atoms with Gasteiger partial charge in [0.15, 0.2) is 11.9 Å². The second-order valence-electron chi connectivity index (χ2n) is 5.64. The lowest BCUT2D eigenvalue weighted by Gasteiger charge is -2.13. The van der Waals surface area contributed by atoms with Crippen molar-refractivity contribution in [1.29, 1.82) is 0 Å². The fraction of sp³-hybridized carbons (Fsp3) is 0.167. The molecule has 0 aliphatic heterocycles. The number of hydrogen-bond acceptors (Lipinski definition) is 4. The lowest BCUT2D eigenvalue weighted by Crippen LogP contribution is -2.30. The summed E-state index contributed by atoms with van der Waals surface area (Å²) in [5.74, 6) is -0.887. The number of carbonyl (C=O) groups excluding carboxylic acids is 2. The summed E-state index contributed by atoms with van der Waals surface area (Å²) < 4.78 is 5.21. The van der Waals surface area contributed by atoms with Crippen molar-refractivity contribution in [1.82, 2.24) is 9.97 Å². The van der Waals surface area contributed by atoms with Gasteiger partial charge in [0.25, 0.3) is 5.91 Å². The first-order valence-electron chi connectivity index (χ1n) is 7.80. The van der Waals surface area contributed by atoms with Gasteiger partial charge < -0.3 is 15.0 Å². The number of ether oxygens (including phenoxy) is 1. The molecule has 0 aliphatic rings. The minimum atomic E-state index is -0.999. The Morgan fingerprint density at radius 1 is 1.31 bits per heavy atom. The summed E-state index contributed by atoms with van der Waals surface area (Å²) in [5.41, 5.74) is 1.74. The first-order valence-corrected chi connectivity index (χ1v) is 8.56. The van der Waals surface area contributed by atoms with Crippen LogP contribution in [0.3, 0.4) is 0 Å². The molecule has 0 saturated heterocycles. The molecule has 0 unspecified atom stereocenters. The third-order valence-corrected chi connectivity index (χ3v) is 4.23. The molecule has 1 amide bonds. The predicted octanol–water partition coefficient (Wildman–Crippen LogP) is 3.98. The summed E-state index contributed by atoms with van der Waals surface area (Å²) in [6, 6.07) is 9.09. The van der Waals surface area contributed by atoms with Crippen molar-refractivity contribution < 1.29 is 14.3 Å². The molecular weight excluding hydrogens is 377 g/mol. The van der Waals surface area contributed by atoms with Crippen LogP contribution in [0, 0.1) is 0 Å². The molecule has 3 rings (SSSR count). The summed E-state index contributed by atoms with van der Waals surface area (Å²) in [5, 5.41) is 4.00. The van der Waals surface area contributed by atoms with E-state index in [2.05, 4.69) is 15.3 Å². The van der Waals surface area contributed by atoms with Crippen LogP contribution in [-0.4, -0.2) is 27.9 Å². The summed E-state index contributed by atoms with van der Waals surface area (Å²) in [6.07, 6.45) is 2.17. The predicted molar refractivity (Wildman–Crippen MR) is 100 cm³/mol. The molecule has 26 heavy (non-hydrogen) atoms. The molecule has 1 atom stereocenters. The van der Waals surface area contributed by atoms with Crippen molar-refractivity contribution in [2.45, 2.75) is 19.4 Å². The second kappa shape index (κ2) is 7.76. The molecule has 6 nitrogen and oxygen atoms in total. The van der Waals surface area contributed by atoms with Gasteiger partial charge in [0.1, 0.15) is 0 Å². The fourth-order valence-electron chi connectivity index (χ4n) is 2.45. The molecule has 2 heterocycles. The van der Waals surface area contributed by atoms with Crippen LogP contribution in [0.1, 0.15) is 12.5 Å². The van der Waals surface area contributed by atoms with Crippen LogP contribution in [0.4, 0.5) is 5.82 Å². The Balaban J connectivity index is 1.60. The van der Waals surface area contributed by atoms with Gasteiger partial charge in [0.2, 0.25) is 0 Å². The van der Waals surface area contributed by atoms with E-state index in [0.29, 0.717) is 5.02 Å². The molecule has 0 aliphatic carbocycles. The van der Waals surface area contributed by atoms with Gasteiger partial charge in [-0.2, -0.15) is 0 Å². The standard InChI is InChI=1S/C18H15Cl2N3O3/c1-10(18(25)23-17-14(20)7-12(19)9-22-17)26-16(24)6-11-8-21-15-5-3-2-4-13(11)15/h2-5,7-10,21H,6H2,1H3,(H,22,23,25)/t10-/m0/s1. The molecule has 134 valence electrons. The Morgan fingerprint density at radius 3 is 2.85 bits per heavy atom. The number of nitrogens with one attached hydrogen (secondary N) is 2. The van der Waals surface area contributed by atoms with E-state index in [-0.39, 0.29) is 17.3 Å². The largest absolute Gasteiger partial charge is 0.452 e. The van der Waals surface area contributed by atoms with Crippen molar-refractivity contribution in [3.8, 4) is 0 Å². The van der Waals surface area contributed by atoms with Gasteiger partial charge >= 0.3 is 5.97 Å². The zero-order valence-corrected chi connectivity index (χ0v) is 15.3. The zero-order chi connectivity index (χ0) is 18.7. The summed E-state index contributed by atoms with van der Waals surface area (Å²) in [7, 11) is 0. The summed E-state index contributed by atoms with van der Waals surface area (Å²) in [4.78, 5) is 31.4. The van der Waals surface area contributed by atoms with E-state index in [1.54, 1.807) is 6.20 Å². The molecule has 0 fully saturated rings. The van der Waals surface area contributed by atoms with Crippen molar-refractivity contribution in [3.05, 3.63) is 58.3 Å². The average molecular weight is 392 g/mol. The van der Waals surface area contributed by atoms with E-state index in [1.807, 2.05) is 24.3 Å². The Morgan fingerprint density at radius 2 is 2.08 bits per heavy atom. The maximum absolute atomic E-state index is 12.2. The SMILES string of the molecule is C[C@H](OC(=O)Cc1c[nH]c2ccccc12)C(=O)Nc1ncc(Cl)cc1Cl. The highest BCUT2D eigenvalue weighted by Crippen LogP contribution is 2.23. The van der Waals surface area contributed by atoms with Crippen molar-refractivity contribution in [2.75, 3.05) is 5.32 Å². The number of para-hydroxylation sites is 1. The van der Waals surface area contributed by atoms with Crippen LogP contribution in [0.2, 0.25) is 10.0 Å². The monoisotopic (exact) mass is 391 g/mol. The van der Waals surface area contributed by atoms with Crippen LogP contribution in [0.5, 0.6) is 0 Å². The number of anilines is 1. The highest BCUT2D eigenvalue weighted by molar-refractivity contribution is 6.36. The number of fused-ring (bicyclic) bond motifs is 1. The number of halogens is 2. The molecule has 2 aromatic heterocycles. The molecule has 0 radical (unpaired) electrons. The Kier molecular flexibility index (Phi) is 5.44. The lowest BCUT2D eigenvalue weighted by molar-refractivity contribution is -0.152. The molecule has 8 heteroatoms. The summed E-state index contributed by atoms with van der Waals surface area (Å²) in [6.45, 7) is 1.48. The fourth-order valence-corrected chi connectivity index (χ4v) is 2.88. The number of H-pyrrole nitrogens is 1. The van der Waals surface area contributed by atoms with E-state index >= 15 is 0 Å². The van der Waals surface area contributed by atoms with Gasteiger partial charge in [0.05, 0.1) is 16.5 Å². The Labute approximate surface area is 159 Å². The van der Waals surface area contributed by atoms with Crippen LogP contribution in [0.15, 0.2) is 42.7 Å². The Bertz CT molecular complexity index is 971. The number of aromatic nitrogens is 2. The van der Waals surface area contributed by atoms with E-state index in [9.17, 15) is 9.59 Å². The smallest absolute Gasteiger partial charge is 0.311 e. The second-order valence-corrected chi connectivity index (χ2v) is 6.49. The number of benzene rings is 1. The molecule has 3 aromatic rings. The molecule has 1 aromatic carbocycles. The normalized spacial score (nSPS) is 12.0. The molecular formula is C18H15Cl2N3O3. The van der Waals surface area contributed by atoms with E-state index < -0.39 is 18.0 Å². The summed E-state index contributed by atoms with van der Waals surface area (Å²) >= 11 is 11.7. The van der Waals surface area contributed by atoms with Gasteiger partial charge in [-0.15, -0.1) is 0 Å². The third-order valence-electron chi connectivity index (χ3n) is 3.74. The highest BCUT2D eigenvalue weighted by Gasteiger charge is 2.20.